The fourth-order valence-electron chi connectivity index (χ4n) is 1.82. The van der Waals surface area contributed by atoms with E-state index in [1.165, 1.54) is 13.0 Å². The molecule has 0 aromatic carbocycles. The molecule has 14 heavy (non-hydrogen) atoms. The summed E-state index contributed by atoms with van der Waals surface area (Å²) in [5.41, 5.74) is 0. The van der Waals surface area contributed by atoms with Crippen molar-refractivity contribution in [2.24, 2.45) is 0 Å². The van der Waals surface area contributed by atoms with E-state index < -0.39 is 0 Å². The molecule has 0 unspecified atom stereocenters. The van der Waals surface area contributed by atoms with Gasteiger partial charge >= 0.3 is 0 Å². The Morgan fingerprint density at radius 1 is 1.50 bits per heavy atom. The van der Waals surface area contributed by atoms with Gasteiger partial charge in [0.05, 0.1) is 6.04 Å². The molecule has 1 aliphatic heterocycles. The van der Waals surface area contributed by atoms with Gasteiger partial charge in [0.1, 0.15) is 5.82 Å². The Balaban J connectivity index is 1.74. The second-order valence-corrected chi connectivity index (χ2v) is 3.82. The molecule has 1 saturated heterocycles. The number of nitrogens with one attached hydrogen (secondary N) is 1. The molecular weight excluding hydrogens is 174 g/mol. The average Bonchev–Trinajstić information content (AvgIpc) is 2.16. The lowest BCUT2D eigenvalue weighted by molar-refractivity contribution is 0.162. The van der Waals surface area contributed by atoms with E-state index in [4.69, 9.17) is 0 Å². The van der Waals surface area contributed by atoms with Crippen molar-refractivity contribution in [2.45, 2.75) is 19.4 Å². The Bertz CT molecular complexity index is 267. The fourth-order valence-corrected chi connectivity index (χ4v) is 1.82. The van der Waals surface area contributed by atoms with Crippen LogP contribution in [0.2, 0.25) is 0 Å². The third kappa shape index (κ3) is 2.23. The minimum atomic E-state index is 0.594. The maximum atomic E-state index is 4.24. The summed E-state index contributed by atoms with van der Waals surface area (Å²) in [4.78, 5) is 6.70. The molecule has 1 aliphatic rings. The van der Waals surface area contributed by atoms with Gasteiger partial charge in [-0.05, 0) is 25.1 Å². The predicted octanol–water partition coefficient (Wildman–Crippen LogP) is 1.59. The van der Waals surface area contributed by atoms with Gasteiger partial charge in [0.2, 0.25) is 0 Å². The van der Waals surface area contributed by atoms with Crippen LogP contribution in [0.4, 0.5) is 5.82 Å². The highest BCUT2D eigenvalue weighted by atomic mass is 15.3. The Morgan fingerprint density at radius 2 is 2.36 bits per heavy atom. The van der Waals surface area contributed by atoms with Crippen molar-refractivity contribution in [2.75, 3.05) is 25.0 Å². The van der Waals surface area contributed by atoms with Crippen molar-refractivity contribution in [3.63, 3.8) is 0 Å². The van der Waals surface area contributed by atoms with Crippen LogP contribution in [-0.2, 0) is 0 Å². The van der Waals surface area contributed by atoms with E-state index in [2.05, 4.69) is 22.1 Å². The summed E-state index contributed by atoms with van der Waals surface area (Å²) < 4.78 is 0. The summed E-state index contributed by atoms with van der Waals surface area (Å²) in [6.07, 6.45) is 3.07. The highest BCUT2D eigenvalue weighted by molar-refractivity contribution is 5.35. The molecule has 76 valence electrons. The molecule has 1 N–H and O–H groups in total. The lowest BCUT2D eigenvalue weighted by Gasteiger charge is -2.39. The van der Waals surface area contributed by atoms with Crippen molar-refractivity contribution < 1.29 is 0 Å². The van der Waals surface area contributed by atoms with Crippen LogP contribution in [0.3, 0.4) is 0 Å². The third-order valence-electron chi connectivity index (χ3n) is 2.51. The lowest BCUT2D eigenvalue weighted by Crippen LogP contribution is -2.54. The van der Waals surface area contributed by atoms with Crippen LogP contribution in [0, 0.1) is 0 Å². The average molecular weight is 191 g/mol. The zero-order chi connectivity index (χ0) is 9.80. The topological polar surface area (TPSA) is 28.2 Å². The van der Waals surface area contributed by atoms with E-state index in [0.29, 0.717) is 6.04 Å². The molecule has 1 aromatic heterocycles. The van der Waals surface area contributed by atoms with Crippen molar-refractivity contribution in [3.05, 3.63) is 24.4 Å². The van der Waals surface area contributed by atoms with Crippen LogP contribution in [0.5, 0.6) is 0 Å². The minimum Gasteiger partial charge on any atom is -0.365 e. The number of aromatic nitrogens is 1. The van der Waals surface area contributed by atoms with Gasteiger partial charge in [-0.25, -0.2) is 4.98 Å². The second kappa shape index (κ2) is 4.42. The normalized spacial score (nSPS) is 17.8. The van der Waals surface area contributed by atoms with Gasteiger partial charge in [0.25, 0.3) is 0 Å². The van der Waals surface area contributed by atoms with E-state index in [-0.39, 0.29) is 0 Å². The maximum absolute atomic E-state index is 4.24. The molecule has 3 heteroatoms. The fraction of sp³-hybridized carbons (Fsp3) is 0.545. The number of rotatable bonds is 4. The molecule has 0 amide bonds. The lowest BCUT2D eigenvalue weighted by atomic mass is 10.1. The van der Waals surface area contributed by atoms with Gasteiger partial charge in [-0.1, -0.05) is 13.0 Å². The molecule has 0 saturated carbocycles. The SMILES string of the molecule is CCCN1CC(Nc2ccccn2)C1. The summed E-state index contributed by atoms with van der Waals surface area (Å²) in [6, 6.07) is 6.56. The molecule has 0 atom stereocenters. The first-order valence-electron chi connectivity index (χ1n) is 5.28. The van der Waals surface area contributed by atoms with Crippen LogP contribution in [0.25, 0.3) is 0 Å². The molecular formula is C11H17N3. The summed E-state index contributed by atoms with van der Waals surface area (Å²) in [5.74, 6) is 0.994. The standard InChI is InChI=1S/C11H17N3/c1-2-7-14-8-10(9-14)13-11-5-3-4-6-12-11/h3-6,10H,2,7-9H2,1H3,(H,12,13). The molecule has 0 bridgehead atoms. The van der Waals surface area contributed by atoms with Crippen molar-refractivity contribution >= 4 is 5.82 Å². The van der Waals surface area contributed by atoms with Crippen LogP contribution in [0.1, 0.15) is 13.3 Å². The zero-order valence-corrected chi connectivity index (χ0v) is 8.61. The minimum absolute atomic E-state index is 0.594. The summed E-state index contributed by atoms with van der Waals surface area (Å²) >= 11 is 0. The summed E-state index contributed by atoms with van der Waals surface area (Å²) in [7, 11) is 0. The highest BCUT2D eigenvalue weighted by Crippen LogP contribution is 2.12. The molecule has 0 aliphatic carbocycles. The van der Waals surface area contributed by atoms with Crippen molar-refractivity contribution in [1.82, 2.24) is 9.88 Å². The van der Waals surface area contributed by atoms with E-state index in [1.54, 1.807) is 0 Å². The van der Waals surface area contributed by atoms with Gasteiger partial charge in [-0.3, -0.25) is 4.90 Å². The quantitative estimate of drug-likeness (QED) is 0.783. The van der Waals surface area contributed by atoms with Gasteiger partial charge in [-0.2, -0.15) is 0 Å². The molecule has 1 aromatic rings. The Kier molecular flexibility index (Phi) is 2.99. The number of hydrogen-bond donors (Lipinski definition) is 1. The van der Waals surface area contributed by atoms with Gasteiger partial charge < -0.3 is 5.32 Å². The number of pyridine rings is 1. The summed E-state index contributed by atoms with van der Waals surface area (Å²) in [5, 5.41) is 3.41. The summed E-state index contributed by atoms with van der Waals surface area (Å²) in [6.45, 7) is 5.76. The molecule has 1 fully saturated rings. The van der Waals surface area contributed by atoms with Crippen LogP contribution >= 0.6 is 0 Å². The first kappa shape index (κ1) is 9.46. The molecule has 3 nitrogen and oxygen atoms in total. The monoisotopic (exact) mass is 191 g/mol. The van der Waals surface area contributed by atoms with Crippen molar-refractivity contribution in [3.8, 4) is 0 Å². The number of nitrogens with zero attached hydrogens (tertiary/aromatic N) is 2. The Labute approximate surface area is 85.1 Å². The predicted molar refractivity (Wildman–Crippen MR) is 58.4 cm³/mol. The van der Waals surface area contributed by atoms with Gasteiger partial charge in [0.15, 0.2) is 0 Å². The van der Waals surface area contributed by atoms with E-state index >= 15 is 0 Å². The number of anilines is 1. The molecule has 2 heterocycles. The van der Waals surface area contributed by atoms with E-state index in [9.17, 15) is 0 Å². The molecule has 0 radical (unpaired) electrons. The number of likely N-dealkylation sites (tertiary alicyclic amines) is 1. The van der Waals surface area contributed by atoms with Crippen LogP contribution in [0.15, 0.2) is 24.4 Å². The highest BCUT2D eigenvalue weighted by Gasteiger charge is 2.25. The molecule has 0 spiro atoms. The van der Waals surface area contributed by atoms with Gasteiger partial charge in [-0.15, -0.1) is 0 Å². The molecule has 2 rings (SSSR count). The van der Waals surface area contributed by atoms with Gasteiger partial charge in [0, 0.05) is 19.3 Å². The second-order valence-electron chi connectivity index (χ2n) is 3.82. The first-order chi connectivity index (χ1) is 6.88. The Morgan fingerprint density at radius 3 is 3.00 bits per heavy atom. The largest absolute Gasteiger partial charge is 0.365 e. The third-order valence-corrected chi connectivity index (χ3v) is 2.51. The van der Waals surface area contributed by atoms with E-state index in [1.807, 2.05) is 24.4 Å². The zero-order valence-electron chi connectivity index (χ0n) is 8.61. The Hall–Kier alpha value is -1.09. The van der Waals surface area contributed by atoms with Crippen molar-refractivity contribution in [1.29, 1.82) is 0 Å². The first-order valence-corrected chi connectivity index (χ1v) is 5.28. The van der Waals surface area contributed by atoms with Crippen LogP contribution in [-0.4, -0.2) is 35.6 Å². The maximum Gasteiger partial charge on any atom is 0.126 e. The van der Waals surface area contributed by atoms with Crippen LogP contribution < -0.4 is 5.32 Å². The van der Waals surface area contributed by atoms with E-state index in [0.717, 1.165) is 18.9 Å². The smallest absolute Gasteiger partial charge is 0.126 e. The number of hydrogen-bond acceptors (Lipinski definition) is 3.